The average Bonchev–Trinajstić information content (AvgIpc) is 2.63. The van der Waals surface area contributed by atoms with E-state index in [1.807, 2.05) is 0 Å². The number of pyridine rings is 1. The Morgan fingerprint density at radius 2 is 1.88 bits per heavy atom. The van der Waals surface area contributed by atoms with Crippen LogP contribution in [0.1, 0.15) is 5.56 Å². The predicted octanol–water partition coefficient (Wildman–Crippen LogP) is 1.01. The van der Waals surface area contributed by atoms with Crippen molar-refractivity contribution in [3.63, 3.8) is 0 Å². The van der Waals surface area contributed by atoms with Gasteiger partial charge in [0.2, 0.25) is 5.91 Å². The molecule has 3 aromatic rings. The molecule has 0 bridgehead atoms. The minimum Gasteiger partial charge on any atom is -0.358 e. The molecule has 2 aromatic heterocycles. The highest BCUT2D eigenvalue weighted by atomic mass is 35.5. The maximum atomic E-state index is 12.8. The first-order valence-electron chi connectivity index (χ1n) is 7.54. The minimum absolute atomic E-state index is 0.0646. The zero-order valence-corrected chi connectivity index (χ0v) is 14.2. The molecule has 0 spiro atoms. The van der Waals surface area contributed by atoms with Gasteiger partial charge in [-0.1, -0.05) is 23.7 Å². The van der Waals surface area contributed by atoms with Gasteiger partial charge >= 0.3 is 5.69 Å². The molecule has 0 aliphatic heterocycles. The molecule has 0 atom stereocenters. The Morgan fingerprint density at radius 3 is 2.56 bits per heavy atom. The van der Waals surface area contributed by atoms with E-state index in [-0.39, 0.29) is 24.5 Å². The van der Waals surface area contributed by atoms with Crippen molar-refractivity contribution in [1.29, 1.82) is 0 Å². The van der Waals surface area contributed by atoms with Gasteiger partial charge in [0.25, 0.3) is 5.56 Å². The van der Waals surface area contributed by atoms with Crippen molar-refractivity contribution in [2.45, 2.75) is 13.1 Å². The molecule has 0 fully saturated rings. The van der Waals surface area contributed by atoms with Gasteiger partial charge in [-0.25, -0.2) is 9.78 Å². The first-order valence-corrected chi connectivity index (χ1v) is 7.92. The summed E-state index contributed by atoms with van der Waals surface area (Å²) in [5.41, 5.74) is 0.145. The SMILES string of the molecule is CNC(=O)Cn1c(=O)n(Cc2ccc(Cl)cc2)c(=O)c2ncccc21. The van der Waals surface area contributed by atoms with Crippen molar-refractivity contribution in [1.82, 2.24) is 19.4 Å². The number of fused-ring (bicyclic) bond motifs is 1. The number of carbonyl (C=O) groups excluding carboxylic acids is 1. The summed E-state index contributed by atoms with van der Waals surface area (Å²) in [5.74, 6) is -0.344. The van der Waals surface area contributed by atoms with Crippen LogP contribution in [0.15, 0.2) is 52.2 Å². The van der Waals surface area contributed by atoms with E-state index < -0.39 is 11.2 Å². The van der Waals surface area contributed by atoms with Gasteiger partial charge in [0.1, 0.15) is 6.54 Å². The van der Waals surface area contributed by atoms with Gasteiger partial charge < -0.3 is 5.32 Å². The molecule has 7 nitrogen and oxygen atoms in total. The lowest BCUT2D eigenvalue weighted by molar-refractivity contribution is -0.121. The Morgan fingerprint density at radius 1 is 1.16 bits per heavy atom. The topological polar surface area (TPSA) is 86.0 Å². The Kier molecular flexibility index (Phi) is 4.67. The molecule has 0 aliphatic rings. The Balaban J connectivity index is 2.21. The van der Waals surface area contributed by atoms with Gasteiger partial charge in [-0.3, -0.25) is 18.7 Å². The van der Waals surface area contributed by atoms with Crippen LogP contribution < -0.4 is 16.6 Å². The average molecular weight is 359 g/mol. The van der Waals surface area contributed by atoms with Crippen molar-refractivity contribution < 1.29 is 4.79 Å². The molecule has 0 saturated heterocycles. The highest BCUT2D eigenvalue weighted by molar-refractivity contribution is 6.30. The molecule has 128 valence electrons. The third-order valence-electron chi connectivity index (χ3n) is 3.82. The summed E-state index contributed by atoms with van der Waals surface area (Å²) in [7, 11) is 1.48. The lowest BCUT2D eigenvalue weighted by Crippen LogP contribution is -2.42. The van der Waals surface area contributed by atoms with Crippen LogP contribution >= 0.6 is 11.6 Å². The zero-order valence-electron chi connectivity index (χ0n) is 13.4. The minimum atomic E-state index is -0.566. The summed E-state index contributed by atoms with van der Waals surface area (Å²) in [6.45, 7) is -0.131. The van der Waals surface area contributed by atoms with Crippen LogP contribution in [0.4, 0.5) is 0 Å². The number of rotatable bonds is 4. The normalized spacial score (nSPS) is 10.8. The van der Waals surface area contributed by atoms with Gasteiger partial charge in [-0.2, -0.15) is 0 Å². The highest BCUT2D eigenvalue weighted by Crippen LogP contribution is 2.10. The summed E-state index contributed by atoms with van der Waals surface area (Å²) >= 11 is 5.86. The van der Waals surface area contributed by atoms with Gasteiger partial charge in [0.05, 0.1) is 12.1 Å². The molecule has 25 heavy (non-hydrogen) atoms. The molecule has 0 aliphatic carbocycles. The van der Waals surface area contributed by atoms with Crippen LogP contribution in [0.2, 0.25) is 5.02 Å². The van der Waals surface area contributed by atoms with Crippen LogP contribution in [0.5, 0.6) is 0 Å². The van der Waals surface area contributed by atoms with Crippen LogP contribution in [0.3, 0.4) is 0 Å². The second kappa shape index (κ2) is 6.90. The molecule has 1 N–H and O–H groups in total. The summed E-state index contributed by atoms with van der Waals surface area (Å²) in [6, 6.07) is 10.1. The van der Waals surface area contributed by atoms with E-state index in [1.54, 1.807) is 36.4 Å². The molecule has 0 saturated carbocycles. The first-order chi connectivity index (χ1) is 12.0. The highest BCUT2D eigenvalue weighted by Gasteiger charge is 2.15. The maximum Gasteiger partial charge on any atom is 0.332 e. The largest absolute Gasteiger partial charge is 0.358 e. The fourth-order valence-electron chi connectivity index (χ4n) is 2.53. The van der Waals surface area contributed by atoms with Crippen molar-refractivity contribution in [2.75, 3.05) is 7.05 Å². The third kappa shape index (κ3) is 3.32. The fraction of sp³-hybridized carbons (Fsp3) is 0.176. The number of aromatic nitrogens is 3. The molecule has 3 rings (SSSR count). The second-order valence-corrected chi connectivity index (χ2v) is 5.87. The van der Waals surface area contributed by atoms with Crippen LogP contribution in [-0.4, -0.2) is 27.1 Å². The number of nitrogens with one attached hydrogen (secondary N) is 1. The quantitative estimate of drug-likeness (QED) is 0.754. The molecule has 1 aromatic carbocycles. The second-order valence-electron chi connectivity index (χ2n) is 5.43. The number of halogens is 1. The number of nitrogens with zero attached hydrogens (tertiary/aromatic N) is 3. The van der Waals surface area contributed by atoms with E-state index in [2.05, 4.69) is 10.3 Å². The van der Waals surface area contributed by atoms with E-state index in [1.165, 1.54) is 17.8 Å². The molecule has 8 heteroatoms. The maximum absolute atomic E-state index is 12.8. The molecule has 0 radical (unpaired) electrons. The van der Waals surface area contributed by atoms with E-state index in [9.17, 15) is 14.4 Å². The molecule has 0 unspecified atom stereocenters. The summed E-state index contributed by atoms with van der Waals surface area (Å²) in [5, 5.41) is 3.04. The van der Waals surface area contributed by atoms with Crippen LogP contribution in [-0.2, 0) is 17.9 Å². The number of carbonyl (C=O) groups is 1. The monoisotopic (exact) mass is 358 g/mol. The van der Waals surface area contributed by atoms with E-state index in [0.29, 0.717) is 10.5 Å². The molecule has 1 amide bonds. The number of amides is 1. The van der Waals surface area contributed by atoms with Crippen molar-refractivity contribution in [3.05, 3.63) is 74.0 Å². The predicted molar refractivity (Wildman–Crippen MR) is 94.9 cm³/mol. The Bertz CT molecular complexity index is 1050. The summed E-state index contributed by atoms with van der Waals surface area (Å²) in [4.78, 5) is 41.4. The van der Waals surface area contributed by atoms with Gasteiger partial charge in [-0.15, -0.1) is 0 Å². The molecular weight excluding hydrogens is 344 g/mol. The lowest BCUT2D eigenvalue weighted by atomic mass is 10.2. The van der Waals surface area contributed by atoms with Gasteiger partial charge in [0, 0.05) is 18.3 Å². The van der Waals surface area contributed by atoms with E-state index in [0.717, 1.165) is 10.1 Å². The van der Waals surface area contributed by atoms with Crippen molar-refractivity contribution in [2.24, 2.45) is 0 Å². The Labute approximate surface area is 147 Å². The first kappa shape index (κ1) is 16.9. The van der Waals surface area contributed by atoms with Gasteiger partial charge in [-0.05, 0) is 29.8 Å². The van der Waals surface area contributed by atoms with Gasteiger partial charge in [0.15, 0.2) is 5.52 Å². The number of hydrogen-bond donors (Lipinski definition) is 1. The third-order valence-corrected chi connectivity index (χ3v) is 4.07. The summed E-state index contributed by atoms with van der Waals surface area (Å²) < 4.78 is 2.32. The standard InChI is InChI=1S/C17H15ClN4O3/c1-19-14(23)10-21-13-3-2-8-20-15(13)16(24)22(17(21)25)9-11-4-6-12(18)7-5-11/h2-8H,9-10H2,1H3,(H,19,23). The number of likely N-dealkylation sites (N-methyl/N-ethyl adjacent to an activating group) is 1. The van der Waals surface area contributed by atoms with E-state index in [4.69, 9.17) is 11.6 Å². The number of hydrogen-bond acceptors (Lipinski definition) is 4. The van der Waals surface area contributed by atoms with Crippen LogP contribution in [0, 0.1) is 0 Å². The smallest absolute Gasteiger partial charge is 0.332 e. The number of benzene rings is 1. The molecule has 2 heterocycles. The van der Waals surface area contributed by atoms with Crippen LogP contribution in [0.25, 0.3) is 11.0 Å². The summed E-state index contributed by atoms with van der Waals surface area (Å²) in [6.07, 6.45) is 1.48. The lowest BCUT2D eigenvalue weighted by Gasteiger charge is -2.13. The fourth-order valence-corrected chi connectivity index (χ4v) is 2.66. The van der Waals surface area contributed by atoms with Crippen molar-refractivity contribution in [3.8, 4) is 0 Å². The van der Waals surface area contributed by atoms with E-state index >= 15 is 0 Å². The molecular formula is C17H15ClN4O3. The zero-order chi connectivity index (χ0) is 18.0. The van der Waals surface area contributed by atoms with Crippen molar-refractivity contribution >= 4 is 28.5 Å². The Hall–Kier alpha value is -2.93.